The standard InChI is InChI=1S/C15H18N4O2S/c20-12-7-4-8-19(10-12)15(21)16-9-13-17-18-14(22-13)11-5-2-1-3-6-11/h1-3,5-6,12,20H,4,7-10H2,(H,16,21). The highest BCUT2D eigenvalue weighted by Gasteiger charge is 2.21. The maximum Gasteiger partial charge on any atom is 0.317 e. The van der Waals surface area contributed by atoms with Crippen LogP contribution in [0.25, 0.3) is 10.6 Å². The van der Waals surface area contributed by atoms with Crippen LogP contribution < -0.4 is 5.32 Å². The van der Waals surface area contributed by atoms with Gasteiger partial charge in [0.1, 0.15) is 10.0 Å². The number of hydrogen-bond acceptors (Lipinski definition) is 5. The van der Waals surface area contributed by atoms with Gasteiger partial charge in [0.2, 0.25) is 0 Å². The summed E-state index contributed by atoms with van der Waals surface area (Å²) >= 11 is 1.47. The van der Waals surface area contributed by atoms with Gasteiger partial charge in [0, 0.05) is 18.7 Å². The van der Waals surface area contributed by atoms with Crippen molar-refractivity contribution in [2.24, 2.45) is 0 Å². The minimum Gasteiger partial charge on any atom is -0.391 e. The monoisotopic (exact) mass is 318 g/mol. The van der Waals surface area contributed by atoms with E-state index in [1.165, 1.54) is 11.3 Å². The molecule has 22 heavy (non-hydrogen) atoms. The van der Waals surface area contributed by atoms with Crippen molar-refractivity contribution in [3.05, 3.63) is 35.3 Å². The third-order valence-electron chi connectivity index (χ3n) is 3.56. The number of rotatable bonds is 3. The normalized spacial score (nSPS) is 18.2. The number of likely N-dealkylation sites (tertiary alicyclic amines) is 1. The van der Waals surface area contributed by atoms with Gasteiger partial charge in [-0.3, -0.25) is 0 Å². The Morgan fingerprint density at radius 1 is 1.36 bits per heavy atom. The van der Waals surface area contributed by atoms with E-state index in [2.05, 4.69) is 15.5 Å². The molecule has 2 amide bonds. The molecule has 1 unspecified atom stereocenters. The highest BCUT2D eigenvalue weighted by molar-refractivity contribution is 7.14. The predicted molar refractivity (Wildman–Crippen MR) is 84.4 cm³/mol. The molecule has 0 radical (unpaired) electrons. The van der Waals surface area contributed by atoms with Crippen molar-refractivity contribution in [2.45, 2.75) is 25.5 Å². The van der Waals surface area contributed by atoms with E-state index in [1.807, 2.05) is 30.3 Å². The van der Waals surface area contributed by atoms with Gasteiger partial charge in [0.25, 0.3) is 0 Å². The van der Waals surface area contributed by atoms with Gasteiger partial charge in [-0.15, -0.1) is 10.2 Å². The van der Waals surface area contributed by atoms with E-state index in [0.717, 1.165) is 28.4 Å². The molecule has 116 valence electrons. The summed E-state index contributed by atoms with van der Waals surface area (Å²) in [5, 5.41) is 22.3. The molecule has 1 aromatic carbocycles. The van der Waals surface area contributed by atoms with E-state index < -0.39 is 6.10 Å². The van der Waals surface area contributed by atoms with Crippen LogP contribution in [0.4, 0.5) is 4.79 Å². The van der Waals surface area contributed by atoms with Crippen LogP contribution in [0, 0.1) is 0 Å². The second-order valence-electron chi connectivity index (χ2n) is 5.27. The lowest BCUT2D eigenvalue weighted by molar-refractivity contribution is 0.0841. The lowest BCUT2D eigenvalue weighted by Gasteiger charge is -2.29. The Morgan fingerprint density at radius 3 is 2.95 bits per heavy atom. The molecular weight excluding hydrogens is 300 g/mol. The summed E-state index contributed by atoms with van der Waals surface area (Å²) in [6.45, 7) is 1.45. The molecule has 2 heterocycles. The smallest absolute Gasteiger partial charge is 0.317 e. The molecule has 1 aliphatic heterocycles. The summed E-state index contributed by atoms with van der Waals surface area (Å²) in [4.78, 5) is 13.7. The molecule has 2 aromatic rings. The summed E-state index contributed by atoms with van der Waals surface area (Å²) < 4.78 is 0. The van der Waals surface area contributed by atoms with Gasteiger partial charge in [-0.2, -0.15) is 0 Å². The highest BCUT2D eigenvalue weighted by atomic mass is 32.1. The van der Waals surface area contributed by atoms with Gasteiger partial charge in [-0.05, 0) is 12.8 Å². The molecule has 3 rings (SSSR count). The average molecular weight is 318 g/mol. The van der Waals surface area contributed by atoms with Crippen molar-refractivity contribution in [3.8, 4) is 10.6 Å². The number of amides is 2. The Morgan fingerprint density at radius 2 is 2.18 bits per heavy atom. The van der Waals surface area contributed by atoms with Gasteiger partial charge in [0.05, 0.1) is 12.6 Å². The number of hydrogen-bond donors (Lipinski definition) is 2. The Balaban J connectivity index is 1.56. The zero-order valence-corrected chi connectivity index (χ0v) is 12.9. The molecule has 0 aliphatic carbocycles. The summed E-state index contributed by atoms with van der Waals surface area (Å²) in [5.41, 5.74) is 1.02. The SMILES string of the molecule is O=C(NCc1nnc(-c2ccccc2)s1)N1CCCC(O)C1. The second-order valence-corrected chi connectivity index (χ2v) is 6.33. The summed E-state index contributed by atoms with van der Waals surface area (Å²) in [7, 11) is 0. The van der Waals surface area contributed by atoms with Gasteiger partial charge >= 0.3 is 6.03 Å². The predicted octanol–water partition coefficient (Wildman–Crippen LogP) is 1.87. The third-order valence-corrected chi connectivity index (χ3v) is 4.53. The third kappa shape index (κ3) is 3.61. The first-order valence-corrected chi connectivity index (χ1v) is 8.12. The average Bonchev–Trinajstić information content (AvgIpc) is 3.02. The van der Waals surface area contributed by atoms with Crippen molar-refractivity contribution in [3.63, 3.8) is 0 Å². The van der Waals surface area contributed by atoms with Crippen LogP contribution in [0.1, 0.15) is 17.8 Å². The number of nitrogens with zero attached hydrogens (tertiary/aromatic N) is 3. The highest BCUT2D eigenvalue weighted by Crippen LogP contribution is 2.22. The fourth-order valence-corrected chi connectivity index (χ4v) is 3.21. The molecule has 1 aromatic heterocycles. The fourth-order valence-electron chi connectivity index (χ4n) is 2.42. The van der Waals surface area contributed by atoms with Crippen LogP contribution in [0.3, 0.4) is 0 Å². The summed E-state index contributed by atoms with van der Waals surface area (Å²) in [5.74, 6) is 0. The van der Waals surface area contributed by atoms with Crippen LogP contribution in [0.15, 0.2) is 30.3 Å². The number of nitrogens with one attached hydrogen (secondary N) is 1. The number of benzene rings is 1. The maximum absolute atomic E-state index is 12.1. The Bertz CT molecular complexity index is 631. The van der Waals surface area contributed by atoms with E-state index in [-0.39, 0.29) is 6.03 Å². The van der Waals surface area contributed by atoms with E-state index in [1.54, 1.807) is 4.90 Å². The molecule has 0 spiro atoms. The molecule has 6 nitrogen and oxygen atoms in total. The molecule has 1 aliphatic rings. The van der Waals surface area contributed by atoms with Crippen LogP contribution >= 0.6 is 11.3 Å². The molecule has 0 saturated carbocycles. The van der Waals surface area contributed by atoms with Crippen LogP contribution in [0.5, 0.6) is 0 Å². The van der Waals surface area contributed by atoms with Gasteiger partial charge in [-0.1, -0.05) is 41.7 Å². The van der Waals surface area contributed by atoms with Gasteiger partial charge in [0.15, 0.2) is 0 Å². The molecule has 2 N–H and O–H groups in total. The lowest BCUT2D eigenvalue weighted by Crippen LogP contribution is -2.46. The molecule has 1 fully saturated rings. The fraction of sp³-hybridized carbons (Fsp3) is 0.400. The number of β-amino-alcohol motifs (C(OH)–C–C–N with tert-alkyl or cyclic N) is 1. The quantitative estimate of drug-likeness (QED) is 0.905. The number of aromatic nitrogens is 2. The minimum absolute atomic E-state index is 0.157. The van der Waals surface area contributed by atoms with Gasteiger partial charge in [-0.25, -0.2) is 4.79 Å². The molecule has 0 bridgehead atoms. The van der Waals surface area contributed by atoms with Crippen LogP contribution in [-0.2, 0) is 6.54 Å². The number of aliphatic hydroxyl groups excluding tert-OH is 1. The number of carbonyl (C=O) groups is 1. The molecule has 1 saturated heterocycles. The topological polar surface area (TPSA) is 78.4 Å². The van der Waals surface area contributed by atoms with Crippen LogP contribution in [0.2, 0.25) is 0 Å². The zero-order valence-electron chi connectivity index (χ0n) is 12.1. The van der Waals surface area contributed by atoms with Crippen molar-refractivity contribution in [2.75, 3.05) is 13.1 Å². The number of aliphatic hydroxyl groups is 1. The Kier molecular flexibility index (Phi) is 4.65. The van der Waals surface area contributed by atoms with Crippen molar-refractivity contribution < 1.29 is 9.90 Å². The minimum atomic E-state index is -0.411. The first kappa shape index (κ1) is 14.9. The molecule has 7 heteroatoms. The largest absolute Gasteiger partial charge is 0.391 e. The zero-order chi connectivity index (χ0) is 15.4. The maximum atomic E-state index is 12.1. The van der Waals surface area contributed by atoms with Crippen molar-refractivity contribution in [1.82, 2.24) is 20.4 Å². The Hall–Kier alpha value is -1.99. The number of piperidine rings is 1. The van der Waals surface area contributed by atoms with E-state index in [0.29, 0.717) is 19.6 Å². The summed E-state index contributed by atoms with van der Waals surface area (Å²) in [6, 6.07) is 9.68. The van der Waals surface area contributed by atoms with E-state index in [4.69, 9.17) is 0 Å². The van der Waals surface area contributed by atoms with Crippen molar-refractivity contribution in [1.29, 1.82) is 0 Å². The van der Waals surface area contributed by atoms with Gasteiger partial charge < -0.3 is 15.3 Å². The second kappa shape index (κ2) is 6.85. The van der Waals surface area contributed by atoms with E-state index in [9.17, 15) is 9.90 Å². The van der Waals surface area contributed by atoms with Crippen molar-refractivity contribution >= 4 is 17.4 Å². The Labute approximate surface area is 132 Å². The molecule has 1 atom stereocenters. The molecular formula is C15H18N4O2S. The number of urea groups is 1. The first-order chi connectivity index (χ1) is 10.7. The number of carbonyl (C=O) groups excluding carboxylic acids is 1. The lowest BCUT2D eigenvalue weighted by atomic mass is 10.1. The first-order valence-electron chi connectivity index (χ1n) is 7.31. The van der Waals surface area contributed by atoms with Crippen LogP contribution in [-0.4, -0.2) is 45.4 Å². The summed E-state index contributed by atoms with van der Waals surface area (Å²) in [6.07, 6.45) is 1.19. The van der Waals surface area contributed by atoms with E-state index >= 15 is 0 Å².